The summed E-state index contributed by atoms with van der Waals surface area (Å²) in [7, 11) is -3.27. The summed E-state index contributed by atoms with van der Waals surface area (Å²) >= 11 is 1.68. The lowest BCUT2D eigenvalue weighted by Crippen LogP contribution is -2.45. The van der Waals surface area contributed by atoms with Crippen LogP contribution in [-0.2, 0) is 21.1 Å². The Balaban J connectivity index is 0.000000188. The van der Waals surface area contributed by atoms with Gasteiger partial charge in [0.2, 0.25) is 5.91 Å². The first-order chi connectivity index (χ1) is 25.2. The lowest BCUT2D eigenvalue weighted by molar-refractivity contribution is -0.123. The Morgan fingerprint density at radius 2 is 1.72 bits per heavy atom. The van der Waals surface area contributed by atoms with Crippen molar-refractivity contribution >= 4 is 38.9 Å². The Morgan fingerprint density at radius 3 is 2.43 bits per heavy atom. The molecule has 0 aromatic heterocycles. The van der Waals surface area contributed by atoms with Gasteiger partial charge in [-0.15, -0.1) is 0 Å². The summed E-state index contributed by atoms with van der Waals surface area (Å²) in [5.41, 5.74) is 11.0. The third-order valence-corrected chi connectivity index (χ3v) is 13.7. The zero-order valence-electron chi connectivity index (χ0n) is 32.1. The molecule has 0 saturated carbocycles. The number of hydrogen-bond donors (Lipinski definition) is 2. The first-order valence-electron chi connectivity index (χ1n) is 19.4. The van der Waals surface area contributed by atoms with Gasteiger partial charge in [-0.05, 0) is 133 Å². The van der Waals surface area contributed by atoms with Crippen LogP contribution in [0.4, 0.5) is 11.4 Å². The van der Waals surface area contributed by atoms with Crippen molar-refractivity contribution in [2.45, 2.75) is 112 Å². The number of allylic oxidation sites excluding steroid dienone is 2. The van der Waals surface area contributed by atoms with Gasteiger partial charge in [0.05, 0.1) is 16.3 Å². The molecule has 1 fully saturated rings. The summed E-state index contributed by atoms with van der Waals surface area (Å²) in [6, 6.07) is 17.8. The smallest absolute Gasteiger partial charge is 0.220 e. The number of likely N-dealkylation sites (tertiary alicyclic amines) is 1. The molecule has 3 N–H and O–H groups in total. The fourth-order valence-corrected chi connectivity index (χ4v) is 10.2. The molecular formula is C43H57N3O5S2. The zero-order chi connectivity index (χ0) is 37.9. The maximum absolute atomic E-state index is 12.1. The van der Waals surface area contributed by atoms with Crippen molar-refractivity contribution < 1.29 is 23.1 Å². The van der Waals surface area contributed by atoms with E-state index in [0.717, 1.165) is 92.3 Å². The molecule has 3 aliphatic heterocycles. The van der Waals surface area contributed by atoms with Crippen LogP contribution < -0.4 is 15.4 Å². The minimum Gasteiger partial charge on any atom is -0.507 e. The number of carbonyl (C=O) groups excluding carboxylic acids is 1. The van der Waals surface area contributed by atoms with E-state index in [1.807, 2.05) is 24.3 Å². The van der Waals surface area contributed by atoms with Gasteiger partial charge >= 0.3 is 0 Å². The van der Waals surface area contributed by atoms with Gasteiger partial charge in [0.1, 0.15) is 17.1 Å². The fraction of sp³-hybridized carbons (Fsp3) is 0.512. The molecule has 0 unspecified atom stereocenters. The van der Waals surface area contributed by atoms with E-state index in [1.54, 1.807) is 23.9 Å². The highest BCUT2D eigenvalue weighted by molar-refractivity contribution is 7.99. The number of phenolic OH excluding ortho intramolecular Hbond substituents is 1. The van der Waals surface area contributed by atoms with Gasteiger partial charge in [0.25, 0.3) is 0 Å². The molecule has 1 aliphatic carbocycles. The van der Waals surface area contributed by atoms with E-state index in [4.69, 9.17) is 10.5 Å². The molecular weight excluding hydrogens is 703 g/mol. The van der Waals surface area contributed by atoms with Gasteiger partial charge in [0.15, 0.2) is 9.84 Å². The molecule has 1 amide bonds. The van der Waals surface area contributed by atoms with E-state index in [2.05, 4.69) is 61.8 Å². The van der Waals surface area contributed by atoms with Gasteiger partial charge in [-0.25, -0.2) is 8.42 Å². The van der Waals surface area contributed by atoms with Crippen molar-refractivity contribution in [3.8, 4) is 11.5 Å². The molecule has 7 rings (SSSR count). The quantitative estimate of drug-likeness (QED) is 0.156. The Bertz CT molecular complexity index is 1930. The molecule has 0 radical (unpaired) electrons. The topological polar surface area (TPSA) is 113 Å². The summed E-state index contributed by atoms with van der Waals surface area (Å²) in [5.74, 6) is 1.87. The van der Waals surface area contributed by atoms with Crippen LogP contribution in [-0.4, -0.2) is 62.4 Å². The van der Waals surface area contributed by atoms with E-state index in [9.17, 15) is 18.3 Å². The standard InChI is InChI=1S/C22H27N3O3S2.C21H30O2/c1-30(27,28)17-7-8-21-19(15-17)25(18-5-2-3-6-20(18)29-21)12-4-11-24-13-9-16(10-14-24)22(23)26;1-5-6-7-8-15-12-18(22)20-16-11-14(2)9-10-17(16)21(3,4)23-19(20)13-15/h2-3,5-8,15-16H,4,9-14H2,1H3,(H2,23,26);11-13,16-17,22H,5-10H2,1-4H3/t;16-,17-/m.1/s1. The van der Waals surface area contributed by atoms with Crippen molar-refractivity contribution in [2.75, 3.05) is 37.3 Å². The maximum Gasteiger partial charge on any atom is 0.220 e. The number of nitrogens with zero attached hydrogens (tertiary/aromatic N) is 2. The number of nitrogens with two attached hydrogens (primary N) is 1. The van der Waals surface area contributed by atoms with Crippen LogP contribution in [0.25, 0.3) is 0 Å². The molecule has 4 aliphatic rings. The number of piperidine rings is 1. The Labute approximate surface area is 321 Å². The number of aromatic hydroxyl groups is 1. The van der Waals surface area contributed by atoms with Crippen LogP contribution >= 0.6 is 11.8 Å². The largest absolute Gasteiger partial charge is 0.507 e. The number of amides is 1. The summed E-state index contributed by atoms with van der Waals surface area (Å²) in [6.07, 6.45) is 13.1. The average molecular weight is 760 g/mol. The Hall–Kier alpha value is -3.47. The third kappa shape index (κ3) is 9.09. The second-order valence-electron chi connectivity index (χ2n) is 15.9. The Morgan fingerprint density at radius 1 is 0.981 bits per heavy atom. The van der Waals surface area contributed by atoms with Gasteiger partial charge in [0, 0.05) is 45.9 Å². The van der Waals surface area contributed by atoms with Crippen molar-refractivity contribution in [1.82, 2.24) is 4.90 Å². The monoisotopic (exact) mass is 759 g/mol. The van der Waals surface area contributed by atoms with E-state index in [0.29, 0.717) is 16.6 Å². The van der Waals surface area contributed by atoms with Crippen molar-refractivity contribution in [2.24, 2.45) is 17.6 Å². The SMILES string of the molecule is CCCCCc1cc(O)c2c(c1)OC(C)(C)[C@@H]1CCC(C)=C[C@@H]21.CS(=O)(=O)c1ccc2c(c1)N(CCCN1CCC(C(N)=O)CC1)c1ccccc1S2. The van der Waals surface area contributed by atoms with Crippen LogP contribution in [0, 0.1) is 11.8 Å². The van der Waals surface area contributed by atoms with Crippen LogP contribution in [0.1, 0.15) is 96.1 Å². The van der Waals surface area contributed by atoms with E-state index in [-0.39, 0.29) is 23.3 Å². The normalized spacial score (nSPS) is 20.8. The fourth-order valence-electron chi connectivity index (χ4n) is 8.48. The molecule has 0 bridgehead atoms. The maximum atomic E-state index is 12.1. The number of hydrogen-bond acceptors (Lipinski definition) is 8. The Kier molecular flexibility index (Phi) is 12.2. The number of anilines is 2. The first kappa shape index (κ1) is 39.2. The second-order valence-corrected chi connectivity index (χ2v) is 19.0. The predicted molar refractivity (Wildman–Crippen MR) is 215 cm³/mol. The molecule has 0 spiro atoms. The lowest BCUT2D eigenvalue weighted by Gasteiger charge is -2.46. The number of aryl methyl sites for hydroxylation is 1. The number of phenols is 1. The molecule has 2 atom stereocenters. The van der Waals surface area contributed by atoms with Crippen LogP contribution in [0.5, 0.6) is 11.5 Å². The molecule has 3 aromatic rings. The third-order valence-electron chi connectivity index (χ3n) is 11.5. The van der Waals surface area contributed by atoms with E-state index >= 15 is 0 Å². The minimum absolute atomic E-state index is 0.00790. The van der Waals surface area contributed by atoms with Gasteiger partial charge in [-0.2, -0.15) is 0 Å². The lowest BCUT2D eigenvalue weighted by atomic mass is 9.68. The second kappa shape index (κ2) is 16.5. The van der Waals surface area contributed by atoms with Gasteiger partial charge in [-0.3, -0.25) is 4.79 Å². The molecule has 3 heterocycles. The number of primary amides is 1. The van der Waals surface area contributed by atoms with E-state index in [1.165, 1.54) is 41.6 Å². The number of rotatable bonds is 10. The van der Waals surface area contributed by atoms with Crippen molar-refractivity contribution in [3.63, 3.8) is 0 Å². The summed E-state index contributed by atoms with van der Waals surface area (Å²) < 4.78 is 30.6. The van der Waals surface area contributed by atoms with Crippen LogP contribution in [0.2, 0.25) is 0 Å². The highest BCUT2D eigenvalue weighted by Crippen LogP contribution is 2.53. The molecule has 53 heavy (non-hydrogen) atoms. The van der Waals surface area contributed by atoms with Crippen LogP contribution in [0.15, 0.2) is 80.9 Å². The number of fused-ring (bicyclic) bond motifs is 5. The molecule has 286 valence electrons. The molecule has 3 aromatic carbocycles. The zero-order valence-corrected chi connectivity index (χ0v) is 33.7. The summed E-state index contributed by atoms with van der Waals surface area (Å²) in [4.78, 5) is 18.6. The van der Waals surface area contributed by atoms with Crippen LogP contribution in [0.3, 0.4) is 0 Å². The number of sulfone groups is 1. The number of unbranched alkanes of at least 4 members (excludes halogenated alkanes) is 2. The summed E-state index contributed by atoms with van der Waals surface area (Å²) in [5, 5.41) is 10.7. The summed E-state index contributed by atoms with van der Waals surface area (Å²) in [6.45, 7) is 12.4. The molecule has 10 heteroatoms. The number of para-hydroxylation sites is 1. The average Bonchev–Trinajstić information content (AvgIpc) is 3.10. The number of carbonyl (C=O) groups is 1. The highest BCUT2D eigenvalue weighted by Gasteiger charge is 2.45. The molecule has 1 saturated heterocycles. The molecule has 8 nitrogen and oxygen atoms in total. The van der Waals surface area contributed by atoms with E-state index < -0.39 is 9.84 Å². The highest BCUT2D eigenvalue weighted by atomic mass is 32.2. The first-order valence-corrected chi connectivity index (χ1v) is 22.1. The van der Waals surface area contributed by atoms with Gasteiger partial charge < -0.3 is 25.4 Å². The minimum atomic E-state index is -3.27. The predicted octanol–water partition coefficient (Wildman–Crippen LogP) is 9.02. The van der Waals surface area contributed by atoms with Crippen molar-refractivity contribution in [1.29, 1.82) is 0 Å². The number of benzene rings is 3. The number of ether oxygens (including phenoxy) is 1. The van der Waals surface area contributed by atoms with Crippen molar-refractivity contribution in [3.05, 3.63) is 77.4 Å². The van der Waals surface area contributed by atoms with Gasteiger partial charge in [-0.1, -0.05) is 55.3 Å².